The Morgan fingerprint density at radius 2 is 1.74 bits per heavy atom. The lowest BCUT2D eigenvalue weighted by atomic mass is 9.84. The highest BCUT2D eigenvalue weighted by molar-refractivity contribution is 7.13. The third-order valence-electron chi connectivity index (χ3n) is 5.92. The number of hydrogen-bond acceptors (Lipinski definition) is 6. The molecule has 3 aromatic rings. The van der Waals surface area contributed by atoms with Crippen molar-refractivity contribution in [3.05, 3.63) is 81.1 Å². The van der Waals surface area contributed by atoms with E-state index in [9.17, 15) is 18.8 Å². The van der Waals surface area contributed by atoms with E-state index in [2.05, 4.69) is 41.6 Å². The third kappa shape index (κ3) is 5.07. The van der Waals surface area contributed by atoms with Crippen molar-refractivity contribution >= 4 is 29.2 Å². The Bertz CT molecular complexity index is 1270. The number of hydrogen-bond donors (Lipinski definition) is 2. The van der Waals surface area contributed by atoms with Crippen LogP contribution in [0.2, 0.25) is 0 Å². The Morgan fingerprint density at radius 3 is 2.37 bits per heavy atom. The smallest absolute Gasteiger partial charge is 0.325 e. The Balaban J connectivity index is 1.42. The fourth-order valence-corrected chi connectivity index (χ4v) is 4.49. The van der Waals surface area contributed by atoms with Crippen molar-refractivity contribution in [1.82, 2.24) is 25.7 Å². The van der Waals surface area contributed by atoms with Crippen molar-refractivity contribution in [3.8, 4) is 0 Å². The summed E-state index contributed by atoms with van der Waals surface area (Å²) < 4.78 is 13.0. The highest BCUT2D eigenvalue weighted by atomic mass is 32.1. The van der Waals surface area contributed by atoms with Crippen molar-refractivity contribution in [1.29, 1.82) is 0 Å². The minimum Gasteiger partial charge on any atom is -0.346 e. The average Bonchev–Trinajstić information content (AvgIpc) is 3.37. The molecule has 0 spiro atoms. The average molecular weight is 496 g/mol. The highest BCUT2D eigenvalue weighted by Crippen LogP contribution is 2.32. The van der Waals surface area contributed by atoms with Crippen LogP contribution >= 0.6 is 11.3 Å². The molecular weight excluding hydrogens is 469 g/mol. The Hall–Kier alpha value is -3.66. The van der Waals surface area contributed by atoms with Gasteiger partial charge in [0.05, 0.1) is 6.54 Å². The first-order valence-electron chi connectivity index (χ1n) is 11.1. The van der Waals surface area contributed by atoms with E-state index in [0.29, 0.717) is 10.6 Å². The van der Waals surface area contributed by atoms with Crippen LogP contribution < -0.4 is 10.6 Å². The maximum atomic E-state index is 13.2. The minimum atomic E-state index is -1.20. The number of aromatic nitrogens is 2. The molecule has 35 heavy (non-hydrogen) atoms. The van der Waals surface area contributed by atoms with Gasteiger partial charge in [-0.25, -0.2) is 9.18 Å². The number of nitrogens with one attached hydrogen (secondary N) is 2. The fraction of sp³-hybridized carbons (Fsp3) is 0.320. The molecule has 4 amide bonds. The molecule has 2 aromatic carbocycles. The van der Waals surface area contributed by atoms with Gasteiger partial charge in [0.2, 0.25) is 5.01 Å². The van der Waals surface area contributed by atoms with Crippen LogP contribution in [0.5, 0.6) is 0 Å². The standard InChI is InChI=1S/C25H26FN5O3S/c1-24(2,3)16-7-9-17(10-8-16)25(4)22(33)31(23(34)28-25)14-19-29-30-21(35-19)20(32)27-13-15-5-11-18(26)12-6-15/h5-12H,13-14H2,1-4H3,(H,27,32)(H,28,34). The lowest BCUT2D eigenvalue weighted by Crippen LogP contribution is -2.40. The van der Waals surface area contributed by atoms with Gasteiger partial charge in [0.1, 0.15) is 16.4 Å². The van der Waals surface area contributed by atoms with Gasteiger partial charge in [0.25, 0.3) is 11.8 Å². The summed E-state index contributed by atoms with van der Waals surface area (Å²) in [5, 5.41) is 13.8. The topological polar surface area (TPSA) is 104 Å². The molecule has 2 N–H and O–H groups in total. The minimum absolute atomic E-state index is 0.0325. The molecule has 4 rings (SSSR count). The van der Waals surface area contributed by atoms with E-state index in [-0.39, 0.29) is 29.3 Å². The molecule has 1 aliphatic heterocycles. The van der Waals surface area contributed by atoms with Crippen LogP contribution in [-0.2, 0) is 28.8 Å². The molecule has 2 heterocycles. The van der Waals surface area contributed by atoms with E-state index >= 15 is 0 Å². The molecule has 1 aromatic heterocycles. The van der Waals surface area contributed by atoms with Crippen LogP contribution in [0.3, 0.4) is 0 Å². The highest BCUT2D eigenvalue weighted by Gasteiger charge is 2.49. The van der Waals surface area contributed by atoms with E-state index in [1.165, 1.54) is 12.1 Å². The molecule has 8 nitrogen and oxygen atoms in total. The van der Waals surface area contributed by atoms with Crippen LogP contribution in [-0.4, -0.2) is 32.9 Å². The number of carbonyl (C=O) groups is 3. The monoisotopic (exact) mass is 495 g/mol. The maximum Gasteiger partial charge on any atom is 0.325 e. The van der Waals surface area contributed by atoms with Crippen molar-refractivity contribution in [2.24, 2.45) is 0 Å². The van der Waals surface area contributed by atoms with Crippen LogP contribution in [0.25, 0.3) is 0 Å². The predicted octanol–water partition coefficient (Wildman–Crippen LogP) is 3.87. The van der Waals surface area contributed by atoms with Gasteiger partial charge in [-0.2, -0.15) is 0 Å². The largest absolute Gasteiger partial charge is 0.346 e. The van der Waals surface area contributed by atoms with Crippen molar-refractivity contribution in [2.75, 3.05) is 0 Å². The fourth-order valence-electron chi connectivity index (χ4n) is 3.74. The van der Waals surface area contributed by atoms with Gasteiger partial charge < -0.3 is 10.6 Å². The summed E-state index contributed by atoms with van der Waals surface area (Å²) in [4.78, 5) is 39.4. The first kappa shape index (κ1) is 24.5. The number of urea groups is 1. The van der Waals surface area contributed by atoms with E-state index < -0.39 is 23.4 Å². The number of nitrogens with zero attached hydrogens (tertiary/aromatic N) is 3. The Kier molecular flexibility index (Phi) is 6.42. The van der Waals surface area contributed by atoms with Crippen LogP contribution in [0.4, 0.5) is 9.18 Å². The maximum absolute atomic E-state index is 13.2. The molecule has 1 aliphatic rings. The lowest BCUT2D eigenvalue weighted by Gasteiger charge is -2.24. The molecule has 1 fully saturated rings. The number of halogens is 1. The molecule has 1 saturated heterocycles. The summed E-state index contributed by atoms with van der Waals surface area (Å²) in [6.07, 6.45) is 0. The quantitative estimate of drug-likeness (QED) is 0.505. The summed E-state index contributed by atoms with van der Waals surface area (Å²) in [6, 6.07) is 12.9. The van der Waals surface area contributed by atoms with Gasteiger partial charge in [-0.3, -0.25) is 14.5 Å². The lowest BCUT2D eigenvalue weighted by molar-refractivity contribution is -0.131. The van der Waals surface area contributed by atoms with Gasteiger partial charge in [-0.15, -0.1) is 10.2 Å². The van der Waals surface area contributed by atoms with Gasteiger partial charge >= 0.3 is 6.03 Å². The molecule has 0 saturated carbocycles. The zero-order valence-electron chi connectivity index (χ0n) is 19.9. The Labute approximate surface area is 206 Å². The molecule has 182 valence electrons. The normalized spacial score (nSPS) is 18.0. The summed E-state index contributed by atoms with van der Waals surface area (Å²) in [6.45, 7) is 8.10. The summed E-state index contributed by atoms with van der Waals surface area (Å²) >= 11 is 1.00. The second kappa shape index (κ2) is 9.18. The van der Waals surface area contributed by atoms with Crippen molar-refractivity contribution in [2.45, 2.75) is 51.7 Å². The summed E-state index contributed by atoms with van der Waals surface area (Å²) in [5.41, 5.74) is 1.31. The first-order valence-corrected chi connectivity index (χ1v) is 11.9. The van der Waals surface area contributed by atoms with Gasteiger partial charge in [0, 0.05) is 6.54 Å². The van der Waals surface area contributed by atoms with Crippen molar-refractivity contribution < 1.29 is 18.8 Å². The summed E-state index contributed by atoms with van der Waals surface area (Å²) in [5.74, 6) is -1.20. The first-order chi connectivity index (χ1) is 16.5. The predicted molar refractivity (Wildman–Crippen MR) is 129 cm³/mol. The third-order valence-corrected chi connectivity index (χ3v) is 6.83. The molecule has 0 aliphatic carbocycles. The number of amides is 4. The zero-order valence-corrected chi connectivity index (χ0v) is 20.7. The van der Waals surface area contributed by atoms with Gasteiger partial charge in [0.15, 0.2) is 0 Å². The summed E-state index contributed by atoms with van der Waals surface area (Å²) in [7, 11) is 0. The van der Waals surface area contributed by atoms with Crippen molar-refractivity contribution in [3.63, 3.8) is 0 Å². The van der Waals surface area contributed by atoms with E-state index in [1.807, 2.05) is 24.3 Å². The van der Waals surface area contributed by atoms with Crippen LogP contribution in [0.1, 0.15) is 59.2 Å². The molecule has 1 unspecified atom stereocenters. The number of rotatable bonds is 6. The second-order valence-electron chi connectivity index (χ2n) is 9.58. The van der Waals surface area contributed by atoms with E-state index in [4.69, 9.17) is 0 Å². The SMILES string of the molecule is CC(C)(C)c1ccc(C2(C)NC(=O)N(Cc3nnc(C(=O)NCc4ccc(F)cc4)s3)C2=O)cc1. The second-order valence-corrected chi connectivity index (χ2v) is 10.6. The molecular formula is C25H26FN5O3S. The number of benzene rings is 2. The van der Waals surface area contributed by atoms with Crippen LogP contribution in [0.15, 0.2) is 48.5 Å². The number of imide groups is 1. The molecule has 0 radical (unpaired) electrons. The molecule has 0 bridgehead atoms. The molecule has 1 atom stereocenters. The van der Waals surface area contributed by atoms with Gasteiger partial charge in [-0.05, 0) is 41.2 Å². The van der Waals surface area contributed by atoms with E-state index in [1.54, 1.807) is 19.1 Å². The zero-order chi connectivity index (χ0) is 25.4. The molecule has 10 heteroatoms. The van der Waals surface area contributed by atoms with E-state index in [0.717, 1.165) is 27.4 Å². The van der Waals surface area contributed by atoms with Crippen LogP contribution in [0, 0.1) is 5.82 Å². The Morgan fingerprint density at radius 1 is 1.09 bits per heavy atom. The number of carbonyl (C=O) groups excluding carboxylic acids is 3. The van der Waals surface area contributed by atoms with Gasteiger partial charge in [-0.1, -0.05) is 68.5 Å².